The van der Waals surface area contributed by atoms with E-state index >= 15 is 0 Å². The molecule has 4 nitrogen and oxygen atoms in total. The molecule has 1 saturated heterocycles. The van der Waals surface area contributed by atoms with Crippen LogP contribution in [0.15, 0.2) is 42.5 Å². The molecule has 4 rings (SSSR count). The van der Waals surface area contributed by atoms with Gasteiger partial charge in [-0.3, -0.25) is 4.79 Å². The highest BCUT2D eigenvalue weighted by atomic mass is 32.1. The number of nitrogens with zero attached hydrogens (tertiary/aromatic N) is 2. The quantitative estimate of drug-likeness (QED) is 0.653. The predicted octanol–water partition coefficient (Wildman–Crippen LogP) is 4.29. The summed E-state index contributed by atoms with van der Waals surface area (Å²) in [5.74, 6) is -0.687. The first kappa shape index (κ1) is 18.8. The first-order chi connectivity index (χ1) is 13.6. The molecule has 1 aromatic heterocycles. The van der Waals surface area contributed by atoms with Crippen molar-refractivity contribution < 1.29 is 18.3 Å². The molecule has 0 saturated carbocycles. The molecule has 0 bridgehead atoms. The van der Waals surface area contributed by atoms with Crippen LogP contribution in [0, 0.1) is 11.6 Å². The minimum Gasteiger partial charge on any atom is -0.380 e. The molecule has 1 fully saturated rings. The summed E-state index contributed by atoms with van der Waals surface area (Å²) in [6.45, 7) is 2.63. The zero-order chi connectivity index (χ0) is 19.7. The molecule has 0 unspecified atom stereocenters. The van der Waals surface area contributed by atoms with Gasteiger partial charge in [0, 0.05) is 54.6 Å². The molecule has 0 spiro atoms. The Balaban J connectivity index is 1.55. The van der Waals surface area contributed by atoms with Gasteiger partial charge in [-0.1, -0.05) is 6.07 Å². The van der Waals surface area contributed by atoms with Crippen molar-refractivity contribution in [1.82, 2.24) is 4.90 Å². The lowest BCUT2D eigenvalue weighted by Crippen LogP contribution is -2.48. The summed E-state index contributed by atoms with van der Waals surface area (Å²) in [6, 6.07) is 11.3. The Bertz CT molecular complexity index is 996. The number of hydrogen-bond donors (Lipinski definition) is 0. The first-order valence-electron chi connectivity index (χ1n) is 9.07. The molecule has 1 aliphatic rings. The highest BCUT2D eigenvalue weighted by Crippen LogP contribution is 2.34. The van der Waals surface area contributed by atoms with Crippen molar-refractivity contribution in [3.8, 4) is 0 Å². The number of hydrogen-bond acceptors (Lipinski definition) is 4. The summed E-state index contributed by atoms with van der Waals surface area (Å²) >= 11 is 1.31. The largest absolute Gasteiger partial charge is 0.380 e. The maximum atomic E-state index is 14.3. The summed E-state index contributed by atoms with van der Waals surface area (Å²) in [7, 11) is 1.54. The van der Waals surface area contributed by atoms with E-state index in [-0.39, 0.29) is 24.1 Å². The average Bonchev–Trinajstić information content (AvgIpc) is 3.08. The van der Waals surface area contributed by atoms with Crippen molar-refractivity contribution in [1.29, 1.82) is 0 Å². The molecule has 2 heterocycles. The fourth-order valence-corrected chi connectivity index (χ4v) is 4.78. The smallest absolute Gasteiger partial charge is 0.264 e. The van der Waals surface area contributed by atoms with Crippen molar-refractivity contribution in [3.05, 3.63) is 64.5 Å². The molecule has 146 valence electrons. The zero-order valence-electron chi connectivity index (χ0n) is 15.5. The number of carbonyl (C=O) groups is 1. The normalized spacial score (nSPS) is 14.7. The molecular weight excluding hydrogens is 382 g/mol. The second-order valence-corrected chi connectivity index (χ2v) is 7.76. The van der Waals surface area contributed by atoms with Crippen molar-refractivity contribution in [2.24, 2.45) is 0 Å². The minimum atomic E-state index is -0.332. The van der Waals surface area contributed by atoms with Crippen molar-refractivity contribution in [2.75, 3.05) is 38.2 Å². The van der Waals surface area contributed by atoms with E-state index in [4.69, 9.17) is 4.74 Å². The lowest BCUT2D eigenvalue weighted by Gasteiger charge is -2.36. The summed E-state index contributed by atoms with van der Waals surface area (Å²) in [5.41, 5.74) is 1.56. The lowest BCUT2D eigenvalue weighted by atomic mass is 10.1. The van der Waals surface area contributed by atoms with Crippen LogP contribution in [-0.4, -0.2) is 44.1 Å². The van der Waals surface area contributed by atoms with Crippen LogP contribution >= 0.6 is 11.3 Å². The van der Waals surface area contributed by atoms with E-state index < -0.39 is 0 Å². The Kier molecular flexibility index (Phi) is 5.28. The van der Waals surface area contributed by atoms with Gasteiger partial charge in [-0.05, 0) is 36.4 Å². The van der Waals surface area contributed by atoms with Crippen LogP contribution in [0.5, 0.6) is 0 Å². The van der Waals surface area contributed by atoms with Gasteiger partial charge in [-0.2, -0.15) is 0 Å². The van der Waals surface area contributed by atoms with Crippen LogP contribution < -0.4 is 4.90 Å². The molecule has 0 radical (unpaired) electrons. The van der Waals surface area contributed by atoms with E-state index in [0.29, 0.717) is 42.0 Å². The number of benzene rings is 2. The van der Waals surface area contributed by atoms with Crippen molar-refractivity contribution >= 4 is 33.0 Å². The molecule has 3 aromatic rings. The topological polar surface area (TPSA) is 32.8 Å². The molecule has 1 aliphatic heterocycles. The van der Waals surface area contributed by atoms with Gasteiger partial charge in [-0.15, -0.1) is 11.3 Å². The van der Waals surface area contributed by atoms with Crippen LogP contribution in [0.3, 0.4) is 0 Å². The maximum Gasteiger partial charge on any atom is 0.264 e. The molecule has 0 N–H and O–H groups in total. The fourth-order valence-electron chi connectivity index (χ4n) is 3.59. The predicted molar refractivity (Wildman–Crippen MR) is 107 cm³/mol. The highest BCUT2D eigenvalue weighted by Gasteiger charge is 2.27. The summed E-state index contributed by atoms with van der Waals surface area (Å²) in [4.78, 5) is 17.6. The second-order valence-electron chi connectivity index (χ2n) is 6.71. The number of halogens is 2. The van der Waals surface area contributed by atoms with Crippen LogP contribution in [0.4, 0.5) is 14.5 Å². The van der Waals surface area contributed by atoms with Gasteiger partial charge in [0.25, 0.3) is 5.91 Å². The molecule has 7 heteroatoms. The standard InChI is InChI=1S/C21H20F2N2O2S/c1-27-13-16-19-17(23)3-2-4-18(19)28-20(16)21(26)25-11-9-24(10-12-25)15-7-5-14(22)6-8-15/h2-8H,9-13H2,1H3. The van der Waals surface area contributed by atoms with Gasteiger partial charge in [0.05, 0.1) is 11.5 Å². The molecule has 0 atom stereocenters. The number of rotatable bonds is 4. The number of carbonyl (C=O) groups excluding carboxylic acids is 1. The third-order valence-corrected chi connectivity index (χ3v) is 6.19. The van der Waals surface area contributed by atoms with E-state index in [2.05, 4.69) is 4.90 Å². The Hall–Kier alpha value is -2.51. The zero-order valence-corrected chi connectivity index (χ0v) is 16.3. The van der Waals surface area contributed by atoms with Crippen LogP contribution in [-0.2, 0) is 11.3 Å². The first-order valence-corrected chi connectivity index (χ1v) is 9.88. The van der Waals surface area contributed by atoms with Gasteiger partial charge >= 0.3 is 0 Å². The second kappa shape index (κ2) is 7.85. The number of fused-ring (bicyclic) bond motifs is 1. The van der Waals surface area contributed by atoms with Crippen molar-refractivity contribution in [2.45, 2.75) is 6.61 Å². The van der Waals surface area contributed by atoms with Crippen LogP contribution in [0.25, 0.3) is 10.1 Å². The third kappa shape index (κ3) is 3.47. The number of piperazine rings is 1. The molecule has 0 aliphatic carbocycles. The minimum absolute atomic E-state index is 0.0913. The maximum absolute atomic E-state index is 14.3. The van der Waals surface area contributed by atoms with E-state index in [1.165, 1.54) is 29.5 Å². The van der Waals surface area contributed by atoms with Crippen LogP contribution in [0.2, 0.25) is 0 Å². The number of methoxy groups -OCH3 is 1. The van der Waals surface area contributed by atoms with Crippen molar-refractivity contribution in [3.63, 3.8) is 0 Å². The van der Waals surface area contributed by atoms with E-state index in [9.17, 15) is 13.6 Å². The molecular formula is C21H20F2N2O2S. The third-order valence-electron chi connectivity index (χ3n) is 5.00. The Morgan fingerprint density at radius 2 is 1.79 bits per heavy atom. The SMILES string of the molecule is COCc1c(C(=O)N2CCN(c3ccc(F)cc3)CC2)sc2cccc(F)c12. The van der Waals surface area contributed by atoms with Gasteiger partial charge in [0.1, 0.15) is 11.6 Å². The summed E-state index contributed by atoms with van der Waals surface area (Å²) < 4.78 is 33.5. The van der Waals surface area contributed by atoms with E-state index in [0.717, 1.165) is 10.4 Å². The molecule has 2 aromatic carbocycles. The number of thiophene rings is 1. The monoisotopic (exact) mass is 402 g/mol. The van der Waals surface area contributed by atoms with E-state index in [1.54, 1.807) is 30.2 Å². The number of anilines is 1. The number of ether oxygens (including phenoxy) is 1. The van der Waals surface area contributed by atoms with Gasteiger partial charge in [-0.25, -0.2) is 8.78 Å². The number of amides is 1. The summed E-state index contributed by atoms with van der Waals surface area (Å²) in [5, 5.41) is 0.475. The van der Waals surface area contributed by atoms with Gasteiger partial charge in [0.15, 0.2) is 0 Å². The fraction of sp³-hybridized carbons (Fsp3) is 0.286. The van der Waals surface area contributed by atoms with Crippen LogP contribution in [0.1, 0.15) is 15.2 Å². The molecule has 28 heavy (non-hydrogen) atoms. The Morgan fingerprint density at radius 1 is 1.07 bits per heavy atom. The highest BCUT2D eigenvalue weighted by molar-refractivity contribution is 7.21. The molecule has 1 amide bonds. The van der Waals surface area contributed by atoms with E-state index in [1.807, 2.05) is 6.07 Å². The summed E-state index contributed by atoms with van der Waals surface area (Å²) in [6.07, 6.45) is 0. The Labute approximate surface area is 165 Å². The van der Waals surface area contributed by atoms with Gasteiger partial charge < -0.3 is 14.5 Å². The Morgan fingerprint density at radius 3 is 2.46 bits per heavy atom. The average molecular weight is 402 g/mol. The lowest BCUT2D eigenvalue weighted by molar-refractivity contribution is 0.0747. The van der Waals surface area contributed by atoms with Gasteiger partial charge in [0.2, 0.25) is 0 Å².